The average Bonchev–Trinajstić information content (AvgIpc) is 2.75. The highest BCUT2D eigenvalue weighted by Crippen LogP contribution is 2.23. The van der Waals surface area contributed by atoms with Gasteiger partial charge in [-0.25, -0.2) is 4.79 Å². The normalized spacial score (nSPS) is 14.8. The molecule has 1 aliphatic heterocycles. The summed E-state index contributed by atoms with van der Waals surface area (Å²) < 4.78 is 4.83. The Hall–Kier alpha value is -2.60. The van der Waals surface area contributed by atoms with Crippen molar-refractivity contribution >= 4 is 34.7 Å². The molecule has 3 rings (SSSR count). The first-order valence-corrected chi connectivity index (χ1v) is 10.5. The number of piperidine rings is 1. The second kappa shape index (κ2) is 9.74. The maximum atomic E-state index is 11.9. The zero-order valence-corrected chi connectivity index (χ0v) is 18.1. The lowest BCUT2D eigenvalue weighted by Gasteiger charge is -2.29. The number of esters is 1. The van der Waals surface area contributed by atoms with Crippen molar-refractivity contribution in [3.8, 4) is 0 Å². The fraction of sp³-hybridized carbons (Fsp3) is 0.391. The van der Waals surface area contributed by atoms with Crippen LogP contribution in [0.5, 0.6) is 0 Å². The van der Waals surface area contributed by atoms with Gasteiger partial charge in [-0.2, -0.15) is 0 Å². The van der Waals surface area contributed by atoms with Gasteiger partial charge in [0.2, 0.25) is 0 Å². The van der Waals surface area contributed by atoms with Crippen LogP contribution in [0.3, 0.4) is 0 Å². The molecule has 6 heteroatoms. The standard InChI is InChI=1S/C23H29N3O2S/c1-16-20(22(27)28-3)8-7-9-21(16)25-23(29)24-17(2)18-10-12-19(13-11-18)26-14-5-4-6-15-26/h7-13,17H,4-6,14-15H2,1-3H3,(H2,24,25,29)/t17-/m1/s1. The van der Waals surface area contributed by atoms with Crippen molar-refractivity contribution in [3.05, 3.63) is 59.2 Å². The van der Waals surface area contributed by atoms with Crippen LogP contribution in [0.15, 0.2) is 42.5 Å². The van der Waals surface area contributed by atoms with E-state index in [1.807, 2.05) is 19.1 Å². The summed E-state index contributed by atoms with van der Waals surface area (Å²) in [7, 11) is 1.38. The maximum Gasteiger partial charge on any atom is 0.338 e. The summed E-state index contributed by atoms with van der Waals surface area (Å²) in [5.74, 6) is -0.354. The SMILES string of the molecule is COC(=O)c1cccc(NC(=S)N[C@H](C)c2ccc(N3CCCCC3)cc2)c1C. The lowest BCUT2D eigenvalue weighted by molar-refractivity contribution is 0.0600. The van der Waals surface area contributed by atoms with Crippen LogP contribution < -0.4 is 15.5 Å². The third kappa shape index (κ3) is 5.26. The Morgan fingerprint density at radius 2 is 1.79 bits per heavy atom. The number of carbonyl (C=O) groups excluding carboxylic acids is 1. The molecule has 0 radical (unpaired) electrons. The number of ether oxygens (including phenoxy) is 1. The summed E-state index contributed by atoms with van der Waals surface area (Å²) in [6.07, 6.45) is 3.88. The number of methoxy groups -OCH3 is 1. The molecule has 0 aliphatic carbocycles. The molecule has 0 bridgehead atoms. The Bertz CT molecular complexity index is 861. The van der Waals surface area contributed by atoms with Gasteiger partial charge >= 0.3 is 5.97 Å². The largest absolute Gasteiger partial charge is 0.465 e. The molecule has 1 heterocycles. The lowest BCUT2D eigenvalue weighted by Crippen LogP contribution is -2.31. The number of rotatable bonds is 5. The van der Waals surface area contributed by atoms with Crippen LogP contribution in [0, 0.1) is 6.92 Å². The van der Waals surface area contributed by atoms with Gasteiger partial charge in [-0.3, -0.25) is 0 Å². The van der Waals surface area contributed by atoms with Crippen LogP contribution >= 0.6 is 12.2 Å². The zero-order chi connectivity index (χ0) is 20.8. The fourth-order valence-corrected chi connectivity index (χ4v) is 3.95. The van der Waals surface area contributed by atoms with Crippen LogP contribution in [-0.4, -0.2) is 31.3 Å². The highest BCUT2D eigenvalue weighted by atomic mass is 32.1. The molecular weight excluding hydrogens is 382 g/mol. The molecule has 154 valence electrons. The molecule has 1 aliphatic rings. The van der Waals surface area contributed by atoms with E-state index in [0.29, 0.717) is 10.7 Å². The lowest BCUT2D eigenvalue weighted by atomic mass is 10.1. The number of carbonyl (C=O) groups is 1. The Balaban J connectivity index is 1.61. The predicted molar refractivity (Wildman–Crippen MR) is 123 cm³/mol. The van der Waals surface area contributed by atoms with Crippen molar-refractivity contribution in [2.45, 2.75) is 39.2 Å². The minimum Gasteiger partial charge on any atom is -0.465 e. The molecule has 0 spiro atoms. The predicted octanol–water partition coefficient (Wildman–Crippen LogP) is 4.82. The minimum absolute atomic E-state index is 0.0644. The Labute approximate surface area is 178 Å². The van der Waals surface area contributed by atoms with E-state index < -0.39 is 0 Å². The summed E-state index contributed by atoms with van der Waals surface area (Å²) in [6.45, 7) is 6.25. The second-order valence-corrected chi connectivity index (χ2v) is 7.84. The smallest absolute Gasteiger partial charge is 0.338 e. The Morgan fingerprint density at radius 3 is 2.45 bits per heavy atom. The molecule has 0 amide bonds. The number of nitrogens with one attached hydrogen (secondary N) is 2. The second-order valence-electron chi connectivity index (χ2n) is 7.43. The third-order valence-corrected chi connectivity index (χ3v) is 5.67. The van der Waals surface area contributed by atoms with Crippen LogP contribution in [0.4, 0.5) is 11.4 Å². The van der Waals surface area contributed by atoms with E-state index in [1.165, 1.54) is 37.6 Å². The molecule has 0 unspecified atom stereocenters. The van der Waals surface area contributed by atoms with Crippen LogP contribution in [-0.2, 0) is 4.74 Å². The summed E-state index contributed by atoms with van der Waals surface area (Å²) in [4.78, 5) is 14.3. The molecule has 1 fully saturated rings. The molecule has 1 atom stereocenters. The van der Waals surface area contributed by atoms with E-state index in [2.05, 4.69) is 46.7 Å². The molecular formula is C23H29N3O2S. The highest BCUT2D eigenvalue weighted by molar-refractivity contribution is 7.80. The van der Waals surface area contributed by atoms with E-state index in [0.717, 1.165) is 24.3 Å². The molecule has 0 aromatic heterocycles. The average molecular weight is 412 g/mol. The van der Waals surface area contributed by atoms with Crippen LogP contribution in [0.25, 0.3) is 0 Å². The van der Waals surface area contributed by atoms with Crippen LogP contribution in [0.2, 0.25) is 0 Å². The number of hydrogen-bond acceptors (Lipinski definition) is 4. The van der Waals surface area contributed by atoms with Gasteiger partial charge in [-0.15, -0.1) is 0 Å². The van der Waals surface area contributed by atoms with Crippen molar-refractivity contribution in [1.82, 2.24) is 5.32 Å². The summed E-state index contributed by atoms with van der Waals surface area (Å²) >= 11 is 5.49. The number of hydrogen-bond donors (Lipinski definition) is 2. The minimum atomic E-state index is -0.354. The summed E-state index contributed by atoms with van der Waals surface area (Å²) in [6, 6.07) is 14.2. The molecule has 2 aromatic rings. The molecule has 29 heavy (non-hydrogen) atoms. The van der Waals surface area contributed by atoms with Gasteiger partial charge in [-0.05, 0) is 80.7 Å². The monoisotopic (exact) mass is 411 g/mol. The van der Waals surface area contributed by atoms with Crippen molar-refractivity contribution in [2.75, 3.05) is 30.4 Å². The molecule has 2 N–H and O–H groups in total. The van der Waals surface area contributed by atoms with E-state index >= 15 is 0 Å². The highest BCUT2D eigenvalue weighted by Gasteiger charge is 2.14. The Kier molecular flexibility index (Phi) is 7.09. The maximum absolute atomic E-state index is 11.9. The molecule has 0 saturated carbocycles. The number of thiocarbonyl (C=S) groups is 1. The van der Waals surface area contributed by atoms with Gasteiger partial charge < -0.3 is 20.3 Å². The number of nitrogens with zero attached hydrogens (tertiary/aromatic N) is 1. The van der Waals surface area contributed by atoms with E-state index in [9.17, 15) is 4.79 Å². The number of anilines is 2. The van der Waals surface area contributed by atoms with Crippen molar-refractivity contribution in [1.29, 1.82) is 0 Å². The van der Waals surface area contributed by atoms with Gasteiger partial charge in [0.1, 0.15) is 0 Å². The number of benzene rings is 2. The first-order chi connectivity index (χ1) is 14.0. The molecule has 5 nitrogen and oxygen atoms in total. The fourth-order valence-electron chi connectivity index (χ4n) is 3.67. The van der Waals surface area contributed by atoms with Crippen LogP contribution in [0.1, 0.15) is 53.7 Å². The van der Waals surface area contributed by atoms with E-state index in [-0.39, 0.29) is 12.0 Å². The van der Waals surface area contributed by atoms with Crippen molar-refractivity contribution in [3.63, 3.8) is 0 Å². The topological polar surface area (TPSA) is 53.6 Å². The first-order valence-electron chi connectivity index (χ1n) is 10.1. The zero-order valence-electron chi connectivity index (χ0n) is 17.3. The van der Waals surface area contributed by atoms with Crippen molar-refractivity contribution in [2.24, 2.45) is 0 Å². The third-order valence-electron chi connectivity index (χ3n) is 5.45. The van der Waals surface area contributed by atoms with Gasteiger partial charge in [0.15, 0.2) is 5.11 Å². The quantitative estimate of drug-likeness (QED) is 0.543. The van der Waals surface area contributed by atoms with E-state index in [1.54, 1.807) is 6.07 Å². The van der Waals surface area contributed by atoms with Gasteiger partial charge in [0, 0.05) is 24.5 Å². The van der Waals surface area contributed by atoms with Crippen molar-refractivity contribution < 1.29 is 9.53 Å². The Morgan fingerprint density at radius 1 is 1.10 bits per heavy atom. The van der Waals surface area contributed by atoms with Gasteiger partial charge in [0.25, 0.3) is 0 Å². The van der Waals surface area contributed by atoms with E-state index in [4.69, 9.17) is 17.0 Å². The van der Waals surface area contributed by atoms with Gasteiger partial charge in [-0.1, -0.05) is 18.2 Å². The molecule has 1 saturated heterocycles. The molecule has 2 aromatic carbocycles. The summed E-state index contributed by atoms with van der Waals surface area (Å²) in [5.41, 5.74) is 4.59. The summed E-state index contributed by atoms with van der Waals surface area (Å²) in [5, 5.41) is 7.04. The first kappa shape index (κ1) is 21.1. The van der Waals surface area contributed by atoms with Gasteiger partial charge in [0.05, 0.1) is 18.7 Å².